The van der Waals surface area contributed by atoms with Crippen molar-refractivity contribution in [2.45, 2.75) is 33.2 Å². The molecular formula is C15H25N3O2. The lowest BCUT2D eigenvalue weighted by molar-refractivity contribution is 0.0696. The minimum atomic E-state index is -0.903. The largest absolute Gasteiger partial charge is 0.478 e. The predicted octanol–water partition coefficient (Wildman–Crippen LogP) is 2.12. The number of nitrogens with zero attached hydrogens (tertiary/aromatic N) is 3. The third-order valence-electron chi connectivity index (χ3n) is 3.27. The van der Waals surface area contributed by atoms with Crippen LogP contribution in [0.4, 0.5) is 5.82 Å². The highest BCUT2D eigenvalue weighted by atomic mass is 16.4. The van der Waals surface area contributed by atoms with Crippen LogP contribution in [0.25, 0.3) is 0 Å². The SMILES string of the molecule is CCc1cc(C(=O)O)cc(N(CC)C(C)CN(C)C)n1. The van der Waals surface area contributed by atoms with Crippen LogP contribution in [0.2, 0.25) is 0 Å². The standard InChI is InChI=1S/C15H25N3O2/c1-6-13-8-12(15(19)20)9-14(16-13)18(7-2)11(3)10-17(4)5/h8-9,11H,6-7,10H2,1-5H3,(H,19,20). The molecule has 0 aromatic carbocycles. The van der Waals surface area contributed by atoms with Crippen molar-refractivity contribution in [1.82, 2.24) is 9.88 Å². The molecule has 0 aliphatic heterocycles. The van der Waals surface area contributed by atoms with E-state index in [0.717, 1.165) is 31.0 Å². The lowest BCUT2D eigenvalue weighted by Crippen LogP contribution is -2.40. The smallest absolute Gasteiger partial charge is 0.335 e. The van der Waals surface area contributed by atoms with E-state index in [1.54, 1.807) is 12.1 Å². The maximum atomic E-state index is 11.2. The van der Waals surface area contributed by atoms with E-state index in [1.807, 2.05) is 21.0 Å². The fourth-order valence-electron chi connectivity index (χ4n) is 2.35. The number of aromatic nitrogens is 1. The van der Waals surface area contributed by atoms with Crippen LogP contribution in [0.15, 0.2) is 12.1 Å². The van der Waals surface area contributed by atoms with Crippen molar-refractivity contribution in [2.75, 3.05) is 32.1 Å². The first-order valence-corrected chi connectivity index (χ1v) is 7.04. The van der Waals surface area contributed by atoms with E-state index in [-0.39, 0.29) is 6.04 Å². The Balaban J connectivity index is 3.13. The Morgan fingerprint density at radius 1 is 1.35 bits per heavy atom. The first-order chi connectivity index (χ1) is 9.38. The molecule has 5 heteroatoms. The summed E-state index contributed by atoms with van der Waals surface area (Å²) >= 11 is 0. The number of likely N-dealkylation sites (N-methyl/N-ethyl adjacent to an activating group) is 2. The molecule has 0 bridgehead atoms. The van der Waals surface area contributed by atoms with Gasteiger partial charge in [0.1, 0.15) is 5.82 Å². The number of hydrogen-bond donors (Lipinski definition) is 1. The van der Waals surface area contributed by atoms with Gasteiger partial charge in [0.2, 0.25) is 0 Å². The van der Waals surface area contributed by atoms with Gasteiger partial charge in [-0.3, -0.25) is 0 Å². The highest BCUT2D eigenvalue weighted by Gasteiger charge is 2.17. The van der Waals surface area contributed by atoms with Gasteiger partial charge in [0, 0.05) is 24.8 Å². The van der Waals surface area contributed by atoms with Crippen LogP contribution in [-0.2, 0) is 6.42 Å². The average molecular weight is 279 g/mol. The van der Waals surface area contributed by atoms with E-state index >= 15 is 0 Å². The van der Waals surface area contributed by atoms with Gasteiger partial charge in [-0.05, 0) is 46.5 Å². The molecule has 1 rings (SSSR count). The van der Waals surface area contributed by atoms with Crippen molar-refractivity contribution in [3.63, 3.8) is 0 Å². The van der Waals surface area contributed by atoms with E-state index in [2.05, 4.69) is 28.6 Å². The number of anilines is 1. The van der Waals surface area contributed by atoms with Crippen LogP contribution in [0.1, 0.15) is 36.8 Å². The number of pyridine rings is 1. The molecule has 20 heavy (non-hydrogen) atoms. The predicted molar refractivity (Wildman–Crippen MR) is 81.6 cm³/mol. The van der Waals surface area contributed by atoms with E-state index < -0.39 is 5.97 Å². The minimum absolute atomic E-state index is 0.274. The fraction of sp³-hybridized carbons (Fsp3) is 0.600. The summed E-state index contributed by atoms with van der Waals surface area (Å²) in [7, 11) is 4.06. The number of carboxylic acid groups (broad SMARTS) is 1. The van der Waals surface area contributed by atoms with E-state index in [1.165, 1.54) is 0 Å². The Labute approximate surface area is 121 Å². The number of aryl methyl sites for hydroxylation is 1. The second kappa shape index (κ2) is 7.24. The monoisotopic (exact) mass is 279 g/mol. The van der Waals surface area contributed by atoms with Crippen molar-refractivity contribution in [3.8, 4) is 0 Å². The maximum absolute atomic E-state index is 11.2. The summed E-state index contributed by atoms with van der Waals surface area (Å²) in [6.45, 7) is 7.87. The zero-order chi connectivity index (χ0) is 15.3. The topological polar surface area (TPSA) is 56.7 Å². The molecule has 0 aliphatic carbocycles. The molecule has 1 heterocycles. The Morgan fingerprint density at radius 2 is 2.00 bits per heavy atom. The lowest BCUT2D eigenvalue weighted by Gasteiger charge is -2.31. The normalized spacial score (nSPS) is 12.5. The Morgan fingerprint density at radius 3 is 2.45 bits per heavy atom. The van der Waals surface area contributed by atoms with Gasteiger partial charge < -0.3 is 14.9 Å². The average Bonchev–Trinajstić information content (AvgIpc) is 2.38. The molecule has 0 saturated heterocycles. The van der Waals surface area contributed by atoms with Crippen molar-refractivity contribution < 1.29 is 9.90 Å². The molecule has 0 fully saturated rings. The second-order valence-corrected chi connectivity index (χ2v) is 5.26. The highest BCUT2D eigenvalue weighted by Crippen LogP contribution is 2.18. The molecule has 1 aromatic rings. The molecule has 0 spiro atoms. The van der Waals surface area contributed by atoms with Crippen molar-refractivity contribution in [3.05, 3.63) is 23.4 Å². The number of carbonyl (C=O) groups is 1. The quantitative estimate of drug-likeness (QED) is 0.828. The number of carboxylic acids is 1. The summed E-state index contributed by atoms with van der Waals surface area (Å²) in [6.07, 6.45) is 0.730. The highest BCUT2D eigenvalue weighted by molar-refractivity contribution is 5.88. The van der Waals surface area contributed by atoms with E-state index in [0.29, 0.717) is 5.56 Å². The third-order valence-corrected chi connectivity index (χ3v) is 3.27. The summed E-state index contributed by atoms with van der Waals surface area (Å²) in [4.78, 5) is 20.1. The number of rotatable bonds is 7. The Hall–Kier alpha value is -1.62. The molecule has 1 aromatic heterocycles. The van der Waals surface area contributed by atoms with Gasteiger partial charge in [0.25, 0.3) is 0 Å². The van der Waals surface area contributed by atoms with Crippen LogP contribution in [-0.4, -0.2) is 54.2 Å². The minimum Gasteiger partial charge on any atom is -0.478 e. The number of aromatic carboxylic acids is 1. The third kappa shape index (κ3) is 4.20. The van der Waals surface area contributed by atoms with Crippen molar-refractivity contribution >= 4 is 11.8 Å². The molecule has 1 unspecified atom stereocenters. The van der Waals surface area contributed by atoms with Crippen LogP contribution in [0.5, 0.6) is 0 Å². The van der Waals surface area contributed by atoms with Crippen LogP contribution >= 0.6 is 0 Å². The first kappa shape index (κ1) is 16.4. The van der Waals surface area contributed by atoms with Crippen molar-refractivity contribution in [2.24, 2.45) is 0 Å². The molecule has 0 radical (unpaired) electrons. The van der Waals surface area contributed by atoms with Crippen LogP contribution in [0.3, 0.4) is 0 Å². The van der Waals surface area contributed by atoms with Gasteiger partial charge in [-0.1, -0.05) is 6.92 Å². The van der Waals surface area contributed by atoms with Crippen LogP contribution in [0, 0.1) is 0 Å². The zero-order valence-corrected chi connectivity index (χ0v) is 13.1. The molecule has 1 atom stereocenters. The maximum Gasteiger partial charge on any atom is 0.335 e. The second-order valence-electron chi connectivity index (χ2n) is 5.26. The van der Waals surface area contributed by atoms with E-state index in [4.69, 9.17) is 0 Å². The van der Waals surface area contributed by atoms with Gasteiger partial charge in [0.05, 0.1) is 5.56 Å². The molecule has 112 valence electrons. The molecular weight excluding hydrogens is 254 g/mol. The molecule has 0 amide bonds. The van der Waals surface area contributed by atoms with Gasteiger partial charge in [0.15, 0.2) is 0 Å². The summed E-state index contributed by atoms with van der Waals surface area (Å²) in [6, 6.07) is 3.59. The molecule has 1 N–H and O–H groups in total. The lowest BCUT2D eigenvalue weighted by atomic mass is 10.1. The summed E-state index contributed by atoms with van der Waals surface area (Å²) in [5.74, 6) is -0.154. The van der Waals surface area contributed by atoms with Gasteiger partial charge >= 0.3 is 5.97 Å². The first-order valence-electron chi connectivity index (χ1n) is 7.04. The zero-order valence-electron chi connectivity index (χ0n) is 13.1. The van der Waals surface area contributed by atoms with Gasteiger partial charge in [-0.2, -0.15) is 0 Å². The van der Waals surface area contributed by atoms with Gasteiger partial charge in [-0.15, -0.1) is 0 Å². The molecule has 0 aliphatic rings. The van der Waals surface area contributed by atoms with Gasteiger partial charge in [-0.25, -0.2) is 9.78 Å². The van der Waals surface area contributed by atoms with Crippen molar-refractivity contribution in [1.29, 1.82) is 0 Å². The summed E-state index contributed by atoms with van der Waals surface area (Å²) in [5, 5.41) is 9.21. The number of hydrogen-bond acceptors (Lipinski definition) is 4. The Kier molecular flexibility index (Phi) is 5.95. The van der Waals surface area contributed by atoms with E-state index in [9.17, 15) is 9.90 Å². The molecule has 5 nitrogen and oxygen atoms in total. The Bertz CT molecular complexity index is 460. The summed E-state index contributed by atoms with van der Waals surface area (Å²) < 4.78 is 0. The van der Waals surface area contributed by atoms with Crippen LogP contribution < -0.4 is 4.90 Å². The molecule has 0 saturated carbocycles. The summed E-state index contributed by atoms with van der Waals surface area (Å²) in [5.41, 5.74) is 1.12. The fourth-order valence-corrected chi connectivity index (χ4v) is 2.35.